The highest BCUT2D eigenvalue weighted by Crippen LogP contribution is 2.30. The topological polar surface area (TPSA) is 28.7 Å². The number of halogens is 4. The molecule has 0 fully saturated rings. The first kappa shape index (κ1) is 8.98. The van der Waals surface area contributed by atoms with E-state index in [1.54, 1.807) is 0 Å². The molecular formula is C8H4F4N2. The zero-order valence-electron chi connectivity index (χ0n) is 6.69. The van der Waals surface area contributed by atoms with Gasteiger partial charge in [0.05, 0.1) is 11.1 Å². The summed E-state index contributed by atoms with van der Waals surface area (Å²) in [5.74, 6) is -0.659. The maximum atomic E-state index is 12.8. The lowest BCUT2D eigenvalue weighted by Crippen LogP contribution is -2.05. The predicted molar refractivity (Wildman–Crippen MR) is 41.1 cm³/mol. The first-order valence-corrected chi connectivity index (χ1v) is 3.68. The van der Waals surface area contributed by atoms with E-state index in [2.05, 4.69) is 9.97 Å². The summed E-state index contributed by atoms with van der Waals surface area (Å²) in [5.41, 5.74) is -0.942. The van der Waals surface area contributed by atoms with Gasteiger partial charge in [-0.3, -0.25) is 4.98 Å². The Bertz CT molecular complexity index is 472. The van der Waals surface area contributed by atoms with Gasteiger partial charge in [-0.1, -0.05) is 0 Å². The Hall–Kier alpha value is -1.59. The largest absolute Gasteiger partial charge is 0.417 e. The third kappa shape index (κ3) is 1.32. The van der Waals surface area contributed by atoms with E-state index >= 15 is 0 Å². The third-order valence-electron chi connectivity index (χ3n) is 1.80. The maximum Gasteiger partial charge on any atom is 0.417 e. The lowest BCUT2D eigenvalue weighted by atomic mass is 10.2. The molecule has 74 valence electrons. The molecule has 2 aromatic rings. The van der Waals surface area contributed by atoms with Crippen molar-refractivity contribution in [2.24, 2.45) is 0 Å². The standard InChI is InChI=1S/C8H4F4N2/c9-5-3-13-6-1-4(8(10,11)12)2-14-7(5)6/h1-3,13H. The Morgan fingerprint density at radius 1 is 1.29 bits per heavy atom. The monoisotopic (exact) mass is 204 g/mol. The minimum atomic E-state index is -4.46. The molecule has 0 radical (unpaired) electrons. The van der Waals surface area contributed by atoms with E-state index in [1.807, 2.05) is 0 Å². The fraction of sp³-hybridized carbons (Fsp3) is 0.125. The van der Waals surface area contributed by atoms with Crippen molar-refractivity contribution in [1.82, 2.24) is 9.97 Å². The van der Waals surface area contributed by atoms with Gasteiger partial charge in [0.15, 0.2) is 5.82 Å². The summed E-state index contributed by atoms with van der Waals surface area (Å²) in [6.45, 7) is 0. The molecule has 6 heteroatoms. The first-order chi connectivity index (χ1) is 6.48. The molecule has 2 aromatic heterocycles. The maximum absolute atomic E-state index is 12.8. The zero-order valence-corrected chi connectivity index (χ0v) is 6.69. The van der Waals surface area contributed by atoms with Crippen LogP contribution in [0.1, 0.15) is 5.56 Å². The number of aromatic nitrogens is 2. The molecule has 2 nitrogen and oxygen atoms in total. The van der Waals surface area contributed by atoms with Crippen LogP contribution in [0.4, 0.5) is 17.6 Å². The molecule has 0 amide bonds. The van der Waals surface area contributed by atoms with Gasteiger partial charge in [-0.05, 0) is 6.07 Å². The molecule has 1 N–H and O–H groups in total. The summed E-state index contributed by atoms with van der Waals surface area (Å²) in [6, 6.07) is 0.825. The van der Waals surface area contributed by atoms with Crippen LogP contribution < -0.4 is 0 Å². The van der Waals surface area contributed by atoms with Gasteiger partial charge < -0.3 is 4.98 Å². The van der Waals surface area contributed by atoms with Gasteiger partial charge in [0.1, 0.15) is 5.52 Å². The number of nitrogens with zero attached hydrogens (tertiary/aromatic N) is 1. The van der Waals surface area contributed by atoms with Gasteiger partial charge in [0.2, 0.25) is 0 Å². The molecule has 0 saturated heterocycles. The first-order valence-electron chi connectivity index (χ1n) is 3.68. The molecule has 0 bridgehead atoms. The number of hydrogen-bond donors (Lipinski definition) is 1. The van der Waals surface area contributed by atoms with E-state index in [-0.39, 0.29) is 11.0 Å². The summed E-state index contributed by atoms with van der Waals surface area (Å²) in [6.07, 6.45) is -2.88. The number of nitrogens with one attached hydrogen (secondary N) is 1. The van der Waals surface area contributed by atoms with E-state index in [4.69, 9.17) is 0 Å². The Labute approximate surface area is 75.6 Å². The Morgan fingerprint density at radius 2 is 2.00 bits per heavy atom. The smallest absolute Gasteiger partial charge is 0.357 e. The fourth-order valence-corrected chi connectivity index (χ4v) is 1.13. The van der Waals surface area contributed by atoms with Gasteiger partial charge in [0, 0.05) is 12.4 Å². The van der Waals surface area contributed by atoms with Gasteiger partial charge in [-0.25, -0.2) is 4.39 Å². The van der Waals surface area contributed by atoms with Crippen molar-refractivity contribution in [2.45, 2.75) is 6.18 Å². The van der Waals surface area contributed by atoms with Crippen LogP contribution in [0.3, 0.4) is 0 Å². The second-order valence-electron chi connectivity index (χ2n) is 2.75. The molecule has 0 aliphatic rings. The molecule has 0 unspecified atom stereocenters. The quantitative estimate of drug-likeness (QED) is 0.656. The number of aromatic amines is 1. The van der Waals surface area contributed by atoms with Gasteiger partial charge in [0.25, 0.3) is 0 Å². The minimum absolute atomic E-state index is 0.0392. The average molecular weight is 204 g/mol. The molecule has 0 saturated carbocycles. The third-order valence-corrected chi connectivity index (χ3v) is 1.80. The van der Waals surface area contributed by atoms with Crippen LogP contribution in [0.25, 0.3) is 11.0 Å². The summed E-state index contributed by atoms with van der Waals surface area (Å²) in [7, 11) is 0. The van der Waals surface area contributed by atoms with E-state index in [0.29, 0.717) is 6.20 Å². The van der Waals surface area contributed by atoms with Crippen LogP contribution in [-0.2, 0) is 6.18 Å². The lowest BCUT2D eigenvalue weighted by Gasteiger charge is -2.04. The van der Waals surface area contributed by atoms with Gasteiger partial charge in [-0.15, -0.1) is 0 Å². The lowest BCUT2D eigenvalue weighted by molar-refractivity contribution is -0.137. The molecule has 14 heavy (non-hydrogen) atoms. The van der Waals surface area contributed by atoms with Gasteiger partial charge >= 0.3 is 6.18 Å². The van der Waals surface area contributed by atoms with Crippen molar-refractivity contribution in [1.29, 1.82) is 0 Å². The van der Waals surface area contributed by atoms with Crippen molar-refractivity contribution >= 4 is 11.0 Å². The summed E-state index contributed by atoms with van der Waals surface area (Å²) >= 11 is 0. The molecule has 0 aromatic carbocycles. The van der Waals surface area contributed by atoms with E-state index < -0.39 is 17.6 Å². The predicted octanol–water partition coefficient (Wildman–Crippen LogP) is 2.72. The average Bonchev–Trinajstić information content (AvgIpc) is 2.46. The number of H-pyrrole nitrogens is 1. The Kier molecular flexibility index (Phi) is 1.73. The van der Waals surface area contributed by atoms with Crippen molar-refractivity contribution in [3.8, 4) is 0 Å². The van der Waals surface area contributed by atoms with Crippen molar-refractivity contribution < 1.29 is 17.6 Å². The molecule has 0 aliphatic carbocycles. The summed E-state index contributed by atoms with van der Waals surface area (Å²) in [5, 5.41) is 0. The van der Waals surface area contributed by atoms with Crippen LogP contribution in [0.2, 0.25) is 0 Å². The molecular weight excluding hydrogens is 200 g/mol. The summed E-state index contributed by atoms with van der Waals surface area (Å²) < 4.78 is 49.3. The highest BCUT2D eigenvalue weighted by Gasteiger charge is 2.31. The van der Waals surface area contributed by atoms with E-state index in [9.17, 15) is 17.6 Å². The number of rotatable bonds is 0. The van der Waals surface area contributed by atoms with Crippen molar-refractivity contribution in [2.75, 3.05) is 0 Å². The van der Waals surface area contributed by atoms with Crippen LogP contribution >= 0.6 is 0 Å². The van der Waals surface area contributed by atoms with Crippen LogP contribution in [-0.4, -0.2) is 9.97 Å². The molecule has 2 heterocycles. The fourth-order valence-electron chi connectivity index (χ4n) is 1.13. The number of hydrogen-bond acceptors (Lipinski definition) is 1. The molecule has 0 aliphatic heterocycles. The highest BCUT2D eigenvalue weighted by molar-refractivity contribution is 5.76. The Morgan fingerprint density at radius 3 is 2.64 bits per heavy atom. The summed E-state index contributed by atoms with van der Waals surface area (Å²) in [4.78, 5) is 5.74. The molecule has 0 atom stereocenters. The molecule has 0 spiro atoms. The second kappa shape index (κ2) is 2.70. The van der Waals surface area contributed by atoms with E-state index in [0.717, 1.165) is 12.3 Å². The van der Waals surface area contributed by atoms with Crippen LogP contribution in [0.15, 0.2) is 18.5 Å². The normalized spacial score (nSPS) is 12.3. The SMILES string of the molecule is Fc1c[nH]c2cc(C(F)(F)F)cnc12. The van der Waals surface area contributed by atoms with Crippen molar-refractivity contribution in [3.63, 3.8) is 0 Å². The van der Waals surface area contributed by atoms with Crippen LogP contribution in [0.5, 0.6) is 0 Å². The van der Waals surface area contributed by atoms with E-state index in [1.165, 1.54) is 0 Å². The number of fused-ring (bicyclic) bond motifs is 1. The van der Waals surface area contributed by atoms with Gasteiger partial charge in [-0.2, -0.15) is 13.2 Å². The van der Waals surface area contributed by atoms with Crippen LogP contribution in [0, 0.1) is 5.82 Å². The number of pyridine rings is 1. The zero-order chi connectivity index (χ0) is 10.3. The Balaban J connectivity index is 2.63. The molecule has 2 rings (SSSR count). The van der Waals surface area contributed by atoms with Crippen molar-refractivity contribution in [3.05, 3.63) is 29.8 Å². The highest BCUT2D eigenvalue weighted by atomic mass is 19.4. The minimum Gasteiger partial charge on any atom is -0.357 e. The number of alkyl halides is 3. The second-order valence-corrected chi connectivity index (χ2v) is 2.75.